The maximum atomic E-state index is 6.60. The van der Waals surface area contributed by atoms with Crippen LogP contribution in [0.4, 0.5) is 0 Å². The molecule has 3 aliphatic heterocycles. The fraction of sp³-hybridized carbons (Fsp3) is 1.00. The molecule has 98 valence electrons. The number of ether oxygens (including phenoxy) is 1. The van der Waals surface area contributed by atoms with Crippen LogP contribution in [0.25, 0.3) is 0 Å². The van der Waals surface area contributed by atoms with Crippen molar-refractivity contribution in [2.45, 2.75) is 75.7 Å². The zero-order valence-corrected chi connectivity index (χ0v) is 11.0. The summed E-state index contributed by atoms with van der Waals surface area (Å²) in [6, 6.07) is 1.44. The molecular weight excluding hydrogens is 212 g/mol. The Morgan fingerprint density at radius 1 is 1.12 bits per heavy atom. The molecule has 0 aliphatic carbocycles. The highest BCUT2D eigenvalue weighted by Crippen LogP contribution is 2.35. The van der Waals surface area contributed by atoms with Gasteiger partial charge in [-0.25, -0.2) is 0 Å². The second kappa shape index (κ2) is 4.87. The summed E-state index contributed by atoms with van der Waals surface area (Å²) >= 11 is 0. The topological polar surface area (TPSA) is 33.3 Å². The molecule has 2 bridgehead atoms. The molecule has 0 spiro atoms. The van der Waals surface area contributed by atoms with E-state index in [0.717, 1.165) is 19.1 Å². The zero-order valence-electron chi connectivity index (χ0n) is 11.0. The molecule has 3 rings (SSSR count). The SMILES string of the molecule is CCC1(OC2CCC3CCC2N3)CCNCC1. The first-order valence-corrected chi connectivity index (χ1v) is 7.46. The normalized spacial score (nSPS) is 40.4. The van der Waals surface area contributed by atoms with Crippen LogP contribution in [0.5, 0.6) is 0 Å². The van der Waals surface area contributed by atoms with Gasteiger partial charge in [0.1, 0.15) is 0 Å². The van der Waals surface area contributed by atoms with Gasteiger partial charge < -0.3 is 15.4 Å². The average molecular weight is 238 g/mol. The minimum absolute atomic E-state index is 0.174. The Hall–Kier alpha value is -0.120. The summed E-state index contributed by atoms with van der Waals surface area (Å²) < 4.78 is 6.60. The van der Waals surface area contributed by atoms with Crippen LogP contribution in [-0.2, 0) is 4.74 Å². The minimum atomic E-state index is 0.174. The van der Waals surface area contributed by atoms with Crippen molar-refractivity contribution in [2.75, 3.05) is 13.1 Å². The lowest BCUT2D eigenvalue weighted by Crippen LogP contribution is -2.52. The van der Waals surface area contributed by atoms with Gasteiger partial charge in [-0.2, -0.15) is 0 Å². The lowest BCUT2D eigenvalue weighted by Gasteiger charge is -2.42. The summed E-state index contributed by atoms with van der Waals surface area (Å²) in [7, 11) is 0. The second-order valence-corrected chi connectivity index (χ2v) is 6.07. The van der Waals surface area contributed by atoms with Gasteiger partial charge >= 0.3 is 0 Å². The van der Waals surface area contributed by atoms with Crippen LogP contribution in [0.3, 0.4) is 0 Å². The minimum Gasteiger partial charge on any atom is -0.370 e. The molecule has 3 heterocycles. The monoisotopic (exact) mass is 238 g/mol. The van der Waals surface area contributed by atoms with Gasteiger partial charge in [0.25, 0.3) is 0 Å². The molecule has 17 heavy (non-hydrogen) atoms. The molecule has 3 nitrogen and oxygen atoms in total. The highest BCUT2D eigenvalue weighted by atomic mass is 16.5. The molecule has 3 fully saturated rings. The number of nitrogens with one attached hydrogen (secondary N) is 2. The predicted octanol–water partition coefficient (Wildman–Crippen LogP) is 1.82. The van der Waals surface area contributed by atoms with Crippen molar-refractivity contribution in [1.29, 1.82) is 0 Å². The van der Waals surface area contributed by atoms with E-state index in [1.54, 1.807) is 0 Å². The first-order chi connectivity index (χ1) is 8.31. The molecule has 3 unspecified atom stereocenters. The second-order valence-electron chi connectivity index (χ2n) is 6.07. The van der Waals surface area contributed by atoms with Gasteiger partial charge in [-0.1, -0.05) is 6.92 Å². The lowest BCUT2D eigenvalue weighted by molar-refractivity contribution is -0.129. The van der Waals surface area contributed by atoms with Gasteiger partial charge in [0, 0.05) is 12.1 Å². The Labute approximate surface area is 105 Å². The Morgan fingerprint density at radius 2 is 1.88 bits per heavy atom. The molecule has 0 aromatic carbocycles. The van der Waals surface area contributed by atoms with Crippen molar-refractivity contribution >= 4 is 0 Å². The molecule has 0 saturated carbocycles. The first-order valence-electron chi connectivity index (χ1n) is 7.46. The lowest BCUT2D eigenvalue weighted by atomic mass is 9.88. The van der Waals surface area contributed by atoms with E-state index in [2.05, 4.69) is 17.6 Å². The highest BCUT2D eigenvalue weighted by molar-refractivity contribution is 4.97. The van der Waals surface area contributed by atoms with E-state index in [0.29, 0.717) is 12.1 Å². The third-order valence-corrected chi connectivity index (χ3v) is 5.08. The van der Waals surface area contributed by atoms with E-state index in [4.69, 9.17) is 4.74 Å². The fourth-order valence-electron chi connectivity index (χ4n) is 3.84. The van der Waals surface area contributed by atoms with E-state index in [1.165, 1.54) is 44.9 Å². The van der Waals surface area contributed by atoms with Gasteiger partial charge in [0.15, 0.2) is 0 Å². The van der Waals surface area contributed by atoms with E-state index >= 15 is 0 Å². The summed E-state index contributed by atoms with van der Waals surface area (Å²) in [6.45, 7) is 4.54. The van der Waals surface area contributed by atoms with Gasteiger partial charge in [-0.3, -0.25) is 0 Å². The fourth-order valence-corrected chi connectivity index (χ4v) is 3.84. The van der Waals surface area contributed by atoms with E-state index < -0.39 is 0 Å². The van der Waals surface area contributed by atoms with E-state index in [9.17, 15) is 0 Å². The Morgan fingerprint density at radius 3 is 2.65 bits per heavy atom. The van der Waals surface area contributed by atoms with Crippen LogP contribution in [-0.4, -0.2) is 36.9 Å². The van der Waals surface area contributed by atoms with Crippen molar-refractivity contribution in [3.63, 3.8) is 0 Å². The Balaban J connectivity index is 1.64. The summed E-state index contributed by atoms with van der Waals surface area (Å²) in [5.41, 5.74) is 0.174. The summed E-state index contributed by atoms with van der Waals surface area (Å²) in [5, 5.41) is 7.18. The third kappa shape index (κ3) is 2.38. The average Bonchev–Trinajstić information content (AvgIpc) is 2.77. The maximum Gasteiger partial charge on any atom is 0.0736 e. The van der Waals surface area contributed by atoms with Gasteiger partial charge in [-0.05, 0) is 58.0 Å². The molecule has 0 aromatic rings. The van der Waals surface area contributed by atoms with Gasteiger partial charge in [0.2, 0.25) is 0 Å². The van der Waals surface area contributed by atoms with Crippen molar-refractivity contribution in [1.82, 2.24) is 10.6 Å². The van der Waals surface area contributed by atoms with Crippen LogP contribution in [0, 0.1) is 0 Å². The number of piperidine rings is 2. The Bertz CT molecular complexity index is 263. The number of hydrogen-bond donors (Lipinski definition) is 2. The molecule has 0 aromatic heterocycles. The van der Waals surface area contributed by atoms with Crippen LogP contribution >= 0.6 is 0 Å². The predicted molar refractivity (Wildman–Crippen MR) is 69.2 cm³/mol. The van der Waals surface area contributed by atoms with Gasteiger partial charge in [-0.15, -0.1) is 0 Å². The largest absolute Gasteiger partial charge is 0.370 e. The standard InChI is InChI=1S/C14H26N2O/c1-2-14(7-9-15-10-8-14)17-13-6-4-11-3-5-12(13)16-11/h11-13,15-16H,2-10H2,1H3. The highest BCUT2D eigenvalue weighted by Gasteiger charge is 2.41. The molecule has 0 radical (unpaired) electrons. The number of hydrogen-bond acceptors (Lipinski definition) is 3. The van der Waals surface area contributed by atoms with Gasteiger partial charge in [0.05, 0.1) is 11.7 Å². The van der Waals surface area contributed by atoms with Crippen LogP contribution in [0.15, 0.2) is 0 Å². The van der Waals surface area contributed by atoms with Crippen molar-refractivity contribution in [3.05, 3.63) is 0 Å². The van der Waals surface area contributed by atoms with Crippen LogP contribution in [0.1, 0.15) is 51.9 Å². The molecule has 3 atom stereocenters. The van der Waals surface area contributed by atoms with E-state index in [-0.39, 0.29) is 5.60 Å². The van der Waals surface area contributed by atoms with Crippen molar-refractivity contribution in [2.24, 2.45) is 0 Å². The third-order valence-electron chi connectivity index (χ3n) is 5.08. The molecule has 0 amide bonds. The Kier molecular flexibility index (Phi) is 3.42. The first kappa shape index (κ1) is 11.9. The molecule has 3 aliphatic rings. The van der Waals surface area contributed by atoms with Crippen molar-refractivity contribution in [3.8, 4) is 0 Å². The summed E-state index contributed by atoms with van der Waals surface area (Å²) in [4.78, 5) is 0. The smallest absolute Gasteiger partial charge is 0.0736 e. The maximum absolute atomic E-state index is 6.60. The zero-order chi connectivity index (χ0) is 11.7. The summed E-state index contributed by atoms with van der Waals surface area (Å²) in [5.74, 6) is 0. The van der Waals surface area contributed by atoms with Crippen molar-refractivity contribution < 1.29 is 4.74 Å². The molecule has 3 heteroatoms. The quantitative estimate of drug-likeness (QED) is 0.787. The summed E-state index contributed by atoms with van der Waals surface area (Å²) in [6.07, 6.45) is 9.31. The van der Waals surface area contributed by atoms with E-state index in [1.807, 2.05) is 0 Å². The number of rotatable bonds is 3. The van der Waals surface area contributed by atoms with Crippen LogP contribution in [0.2, 0.25) is 0 Å². The van der Waals surface area contributed by atoms with Crippen LogP contribution < -0.4 is 10.6 Å². The molecule has 2 N–H and O–H groups in total. The molecular formula is C14H26N2O. The molecule has 3 saturated heterocycles. The number of fused-ring (bicyclic) bond motifs is 2.